The van der Waals surface area contributed by atoms with Gasteiger partial charge in [0.25, 0.3) is 0 Å². The summed E-state index contributed by atoms with van der Waals surface area (Å²) in [5, 5.41) is 0.938. The second-order valence-electron chi connectivity index (χ2n) is 3.60. The average Bonchev–Trinajstić information content (AvgIpc) is 2.60. The molecule has 0 fully saturated rings. The van der Waals surface area contributed by atoms with Gasteiger partial charge >= 0.3 is 5.97 Å². The van der Waals surface area contributed by atoms with Crippen LogP contribution in [0.25, 0.3) is 11.0 Å². The number of methoxy groups -OCH3 is 1. The molecule has 0 N–H and O–H groups in total. The molecule has 1 heterocycles. The maximum absolute atomic E-state index is 11.3. The molecule has 1 aromatic carbocycles. The number of rotatable bonds is 1. The Kier molecular flexibility index (Phi) is 2.23. The molecule has 0 radical (unpaired) electrons. The molecule has 0 saturated heterocycles. The summed E-state index contributed by atoms with van der Waals surface area (Å²) < 4.78 is 10.0. The van der Waals surface area contributed by atoms with E-state index in [1.54, 1.807) is 6.07 Å². The summed E-state index contributed by atoms with van der Waals surface area (Å²) in [6.07, 6.45) is 0. The number of carbonyl (C=O) groups is 1. The van der Waals surface area contributed by atoms with Gasteiger partial charge in [-0.15, -0.1) is 0 Å². The van der Waals surface area contributed by atoms with Crippen LogP contribution in [0.3, 0.4) is 0 Å². The van der Waals surface area contributed by atoms with Crippen molar-refractivity contribution in [1.29, 1.82) is 0 Å². The Labute approximate surface area is 87.6 Å². The predicted octanol–water partition coefficient (Wildman–Crippen LogP) is 2.84. The summed E-state index contributed by atoms with van der Waals surface area (Å²) in [5.41, 5.74) is 2.93. The highest BCUT2D eigenvalue weighted by atomic mass is 16.5. The van der Waals surface area contributed by atoms with Crippen LogP contribution in [0.5, 0.6) is 0 Å². The summed E-state index contributed by atoms with van der Waals surface area (Å²) in [6.45, 7) is 3.97. The third-order valence-corrected chi connectivity index (χ3v) is 2.33. The molecule has 3 heteroatoms. The van der Waals surface area contributed by atoms with Gasteiger partial charge in [0.15, 0.2) is 0 Å². The molecule has 0 aliphatic carbocycles. The molecule has 2 aromatic rings. The Morgan fingerprint density at radius 2 is 2.00 bits per heavy atom. The maximum Gasteiger partial charge on any atom is 0.373 e. The van der Waals surface area contributed by atoms with Crippen LogP contribution in [-0.2, 0) is 4.74 Å². The topological polar surface area (TPSA) is 39.4 Å². The molecular formula is C12H12O3. The first kappa shape index (κ1) is 9.77. The summed E-state index contributed by atoms with van der Waals surface area (Å²) in [5.74, 6) is -0.190. The van der Waals surface area contributed by atoms with Crippen molar-refractivity contribution in [2.75, 3.05) is 7.11 Å². The van der Waals surface area contributed by atoms with Crippen LogP contribution in [0, 0.1) is 13.8 Å². The van der Waals surface area contributed by atoms with E-state index in [0.717, 1.165) is 22.1 Å². The number of carbonyl (C=O) groups excluding carboxylic acids is 1. The zero-order valence-corrected chi connectivity index (χ0v) is 8.96. The molecule has 0 spiro atoms. The van der Waals surface area contributed by atoms with Gasteiger partial charge in [-0.2, -0.15) is 0 Å². The van der Waals surface area contributed by atoms with Crippen molar-refractivity contribution >= 4 is 16.9 Å². The molecule has 0 atom stereocenters. The van der Waals surface area contributed by atoms with Gasteiger partial charge < -0.3 is 9.15 Å². The van der Waals surface area contributed by atoms with Gasteiger partial charge in [0.05, 0.1) is 7.11 Å². The third kappa shape index (κ3) is 1.61. The van der Waals surface area contributed by atoms with Crippen molar-refractivity contribution in [3.63, 3.8) is 0 Å². The lowest BCUT2D eigenvalue weighted by Crippen LogP contribution is -1.97. The van der Waals surface area contributed by atoms with Gasteiger partial charge in [-0.3, -0.25) is 0 Å². The van der Waals surface area contributed by atoms with Gasteiger partial charge in [0.1, 0.15) is 5.58 Å². The largest absolute Gasteiger partial charge is 0.463 e. The van der Waals surface area contributed by atoms with Crippen LogP contribution < -0.4 is 0 Å². The van der Waals surface area contributed by atoms with E-state index in [2.05, 4.69) is 4.74 Å². The van der Waals surface area contributed by atoms with E-state index in [9.17, 15) is 4.79 Å². The van der Waals surface area contributed by atoms with Crippen molar-refractivity contribution in [1.82, 2.24) is 0 Å². The summed E-state index contributed by atoms with van der Waals surface area (Å²) >= 11 is 0. The molecule has 78 valence electrons. The summed E-state index contributed by atoms with van der Waals surface area (Å²) in [6, 6.07) is 5.71. The fraction of sp³-hybridized carbons (Fsp3) is 0.250. The normalized spacial score (nSPS) is 10.6. The average molecular weight is 204 g/mol. The Balaban J connectivity index is 2.65. The minimum Gasteiger partial charge on any atom is -0.463 e. The van der Waals surface area contributed by atoms with Crippen LogP contribution in [0.15, 0.2) is 22.6 Å². The fourth-order valence-electron chi connectivity index (χ4n) is 1.72. The second kappa shape index (κ2) is 3.42. The molecule has 0 unspecified atom stereocenters. The highest BCUT2D eigenvalue weighted by Crippen LogP contribution is 2.24. The lowest BCUT2D eigenvalue weighted by Gasteiger charge is -1.96. The molecule has 0 aliphatic heterocycles. The smallest absolute Gasteiger partial charge is 0.373 e. The monoisotopic (exact) mass is 204 g/mol. The van der Waals surface area contributed by atoms with Gasteiger partial charge in [0.2, 0.25) is 5.76 Å². The highest BCUT2D eigenvalue weighted by molar-refractivity contribution is 5.93. The van der Waals surface area contributed by atoms with Crippen LogP contribution in [0.4, 0.5) is 0 Å². The minimum absolute atomic E-state index is 0.251. The lowest BCUT2D eigenvalue weighted by molar-refractivity contribution is 0.0567. The number of hydrogen-bond acceptors (Lipinski definition) is 3. The fourth-order valence-corrected chi connectivity index (χ4v) is 1.72. The number of ether oxygens (including phenoxy) is 1. The molecule has 2 rings (SSSR count). The quantitative estimate of drug-likeness (QED) is 0.670. The lowest BCUT2D eigenvalue weighted by atomic mass is 10.1. The molecular weight excluding hydrogens is 192 g/mol. The molecule has 1 aromatic heterocycles. The van der Waals surface area contributed by atoms with E-state index < -0.39 is 5.97 Å². The first-order valence-corrected chi connectivity index (χ1v) is 4.71. The van der Waals surface area contributed by atoms with Crippen molar-refractivity contribution in [2.24, 2.45) is 0 Å². The Bertz CT molecular complexity index is 523. The van der Waals surface area contributed by atoms with Crippen LogP contribution in [0.1, 0.15) is 21.7 Å². The Morgan fingerprint density at radius 1 is 1.27 bits per heavy atom. The summed E-state index contributed by atoms with van der Waals surface area (Å²) in [7, 11) is 1.34. The molecule has 15 heavy (non-hydrogen) atoms. The first-order valence-electron chi connectivity index (χ1n) is 4.71. The number of hydrogen-bond donors (Lipinski definition) is 0. The van der Waals surface area contributed by atoms with E-state index in [-0.39, 0.29) is 5.76 Å². The zero-order valence-electron chi connectivity index (χ0n) is 8.96. The van der Waals surface area contributed by atoms with E-state index in [1.165, 1.54) is 7.11 Å². The van der Waals surface area contributed by atoms with Gasteiger partial charge in [0, 0.05) is 5.39 Å². The maximum atomic E-state index is 11.3. The van der Waals surface area contributed by atoms with Crippen molar-refractivity contribution in [3.05, 3.63) is 35.1 Å². The van der Waals surface area contributed by atoms with Crippen molar-refractivity contribution < 1.29 is 13.9 Å². The molecule has 0 saturated carbocycles. The molecule has 0 bridgehead atoms. The molecule has 0 amide bonds. The standard InChI is InChI=1S/C12H12O3/c1-7-4-8(2)11-9(5-7)6-10(15-11)12(13)14-3/h4-6H,1-3H3. The number of aryl methyl sites for hydroxylation is 2. The number of esters is 1. The predicted molar refractivity (Wildman–Crippen MR) is 57.0 cm³/mol. The van der Waals surface area contributed by atoms with Gasteiger partial charge in [-0.25, -0.2) is 4.79 Å². The van der Waals surface area contributed by atoms with Crippen LogP contribution >= 0.6 is 0 Å². The van der Waals surface area contributed by atoms with Gasteiger partial charge in [-0.1, -0.05) is 6.07 Å². The van der Waals surface area contributed by atoms with Crippen molar-refractivity contribution in [2.45, 2.75) is 13.8 Å². The van der Waals surface area contributed by atoms with E-state index in [0.29, 0.717) is 0 Å². The van der Waals surface area contributed by atoms with Crippen LogP contribution in [0.2, 0.25) is 0 Å². The minimum atomic E-state index is -0.441. The second-order valence-corrected chi connectivity index (χ2v) is 3.60. The van der Waals surface area contributed by atoms with Crippen molar-refractivity contribution in [3.8, 4) is 0 Å². The Hall–Kier alpha value is -1.77. The highest BCUT2D eigenvalue weighted by Gasteiger charge is 2.13. The first-order chi connectivity index (χ1) is 7.11. The number of benzene rings is 1. The zero-order chi connectivity index (χ0) is 11.0. The number of fused-ring (bicyclic) bond motifs is 1. The number of furan rings is 1. The van der Waals surface area contributed by atoms with E-state index in [4.69, 9.17) is 4.42 Å². The van der Waals surface area contributed by atoms with E-state index >= 15 is 0 Å². The van der Waals surface area contributed by atoms with E-state index in [1.807, 2.05) is 26.0 Å². The summed E-state index contributed by atoms with van der Waals surface area (Å²) in [4.78, 5) is 11.3. The Morgan fingerprint density at radius 3 is 2.67 bits per heavy atom. The SMILES string of the molecule is COC(=O)c1cc2cc(C)cc(C)c2o1. The van der Waals surface area contributed by atoms with Crippen LogP contribution in [-0.4, -0.2) is 13.1 Å². The molecule has 3 nitrogen and oxygen atoms in total. The third-order valence-electron chi connectivity index (χ3n) is 2.33. The van der Waals surface area contributed by atoms with Gasteiger partial charge in [-0.05, 0) is 37.1 Å². The molecule has 0 aliphatic rings.